The molecule has 0 spiro atoms. The molecule has 1 aromatic heterocycles. The molecule has 0 aliphatic carbocycles. The zero-order chi connectivity index (χ0) is 10.4. The van der Waals surface area contributed by atoms with Crippen molar-refractivity contribution >= 4 is 11.5 Å². The van der Waals surface area contributed by atoms with E-state index >= 15 is 0 Å². The molecular formula is C10H18N4. The van der Waals surface area contributed by atoms with Gasteiger partial charge in [-0.25, -0.2) is 4.98 Å². The number of nitrogens with two attached hydrogens (primary N) is 1. The molecule has 0 saturated heterocycles. The van der Waals surface area contributed by atoms with Crippen LogP contribution in [-0.4, -0.2) is 36.6 Å². The molecule has 4 heteroatoms. The third-order valence-corrected chi connectivity index (χ3v) is 2.15. The monoisotopic (exact) mass is 194 g/mol. The minimum absolute atomic E-state index is 0.557. The first-order valence-corrected chi connectivity index (χ1v) is 4.86. The Morgan fingerprint density at radius 3 is 2.86 bits per heavy atom. The molecule has 0 amide bonds. The van der Waals surface area contributed by atoms with E-state index in [9.17, 15) is 0 Å². The topological polar surface area (TPSA) is 54.2 Å². The van der Waals surface area contributed by atoms with Gasteiger partial charge in [-0.3, -0.25) is 0 Å². The number of likely N-dealkylation sites (N-methyl/N-ethyl adjacent to an activating group) is 1. The molecular weight excluding hydrogens is 176 g/mol. The van der Waals surface area contributed by atoms with Crippen molar-refractivity contribution in [1.29, 1.82) is 0 Å². The van der Waals surface area contributed by atoms with Gasteiger partial charge in [-0.2, -0.15) is 0 Å². The van der Waals surface area contributed by atoms with Gasteiger partial charge in [-0.15, -0.1) is 0 Å². The second kappa shape index (κ2) is 5.44. The molecule has 78 valence electrons. The van der Waals surface area contributed by atoms with Crippen molar-refractivity contribution in [2.45, 2.75) is 6.92 Å². The van der Waals surface area contributed by atoms with E-state index in [1.807, 2.05) is 6.07 Å². The summed E-state index contributed by atoms with van der Waals surface area (Å²) in [5, 5.41) is 3.28. The number of aromatic nitrogens is 1. The number of nitrogens with zero attached hydrogens (tertiary/aromatic N) is 2. The van der Waals surface area contributed by atoms with Crippen molar-refractivity contribution in [2.75, 3.05) is 37.7 Å². The predicted molar refractivity (Wildman–Crippen MR) is 60.3 cm³/mol. The van der Waals surface area contributed by atoms with Gasteiger partial charge >= 0.3 is 0 Å². The second-order valence-corrected chi connectivity index (χ2v) is 3.29. The fourth-order valence-corrected chi connectivity index (χ4v) is 1.06. The van der Waals surface area contributed by atoms with E-state index in [1.54, 1.807) is 12.3 Å². The second-order valence-electron chi connectivity index (χ2n) is 3.29. The predicted octanol–water partition coefficient (Wildman–Crippen LogP) is 1.03. The number of anilines is 2. The van der Waals surface area contributed by atoms with Crippen LogP contribution in [0, 0.1) is 0 Å². The first kappa shape index (κ1) is 10.8. The summed E-state index contributed by atoms with van der Waals surface area (Å²) in [5.41, 5.74) is 6.50. The molecule has 1 heterocycles. The van der Waals surface area contributed by atoms with Crippen molar-refractivity contribution < 1.29 is 0 Å². The van der Waals surface area contributed by atoms with E-state index in [0.29, 0.717) is 5.82 Å². The Hall–Kier alpha value is -1.29. The Balaban J connectivity index is 2.28. The highest BCUT2D eigenvalue weighted by Gasteiger charge is 1.94. The molecule has 0 aliphatic rings. The average Bonchev–Trinajstić information content (AvgIpc) is 2.21. The molecule has 0 fully saturated rings. The lowest BCUT2D eigenvalue weighted by atomic mass is 10.4. The zero-order valence-electron chi connectivity index (χ0n) is 8.83. The van der Waals surface area contributed by atoms with Crippen LogP contribution in [0.25, 0.3) is 0 Å². The van der Waals surface area contributed by atoms with Crippen molar-refractivity contribution in [3.8, 4) is 0 Å². The van der Waals surface area contributed by atoms with Crippen molar-refractivity contribution in [2.24, 2.45) is 0 Å². The van der Waals surface area contributed by atoms with Crippen molar-refractivity contribution in [3.63, 3.8) is 0 Å². The van der Waals surface area contributed by atoms with Crippen LogP contribution in [0.4, 0.5) is 11.5 Å². The van der Waals surface area contributed by atoms with E-state index in [2.05, 4.69) is 29.2 Å². The molecule has 0 bridgehead atoms. The fraction of sp³-hybridized carbons (Fsp3) is 0.500. The largest absolute Gasteiger partial charge is 0.384 e. The average molecular weight is 194 g/mol. The summed E-state index contributed by atoms with van der Waals surface area (Å²) >= 11 is 0. The summed E-state index contributed by atoms with van der Waals surface area (Å²) < 4.78 is 0. The van der Waals surface area contributed by atoms with Crippen LogP contribution in [-0.2, 0) is 0 Å². The standard InChI is InChI=1S/C10H18N4/c1-3-14(2)7-6-12-9-4-5-10(11)13-8-9/h4-5,8,12H,3,6-7H2,1-2H3,(H2,11,13). The molecule has 1 rings (SSSR count). The Kier molecular flexibility index (Phi) is 4.19. The molecule has 1 aromatic rings. The smallest absolute Gasteiger partial charge is 0.123 e. The van der Waals surface area contributed by atoms with Crippen molar-refractivity contribution in [1.82, 2.24) is 9.88 Å². The summed E-state index contributed by atoms with van der Waals surface area (Å²) in [5.74, 6) is 0.557. The quantitative estimate of drug-likeness (QED) is 0.735. The zero-order valence-corrected chi connectivity index (χ0v) is 8.83. The van der Waals surface area contributed by atoms with Gasteiger partial charge in [0.15, 0.2) is 0 Å². The molecule has 3 N–H and O–H groups in total. The minimum Gasteiger partial charge on any atom is -0.384 e. The lowest BCUT2D eigenvalue weighted by Gasteiger charge is -2.14. The molecule has 4 nitrogen and oxygen atoms in total. The highest BCUT2D eigenvalue weighted by Crippen LogP contribution is 2.05. The summed E-state index contributed by atoms with van der Waals surface area (Å²) in [6.45, 7) is 5.17. The van der Waals surface area contributed by atoms with Crippen LogP contribution in [0.3, 0.4) is 0 Å². The van der Waals surface area contributed by atoms with E-state index in [1.165, 1.54) is 0 Å². The Labute approximate surface area is 85.1 Å². The van der Waals surface area contributed by atoms with Crippen LogP contribution in [0.2, 0.25) is 0 Å². The fourth-order valence-electron chi connectivity index (χ4n) is 1.06. The summed E-state index contributed by atoms with van der Waals surface area (Å²) in [4.78, 5) is 6.25. The first-order valence-electron chi connectivity index (χ1n) is 4.86. The lowest BCUT2D eigenvalue weighted by Crippen LogP contribution is -2.24. The maximum atomic E-state index is 5.48. The maximum Gasteiger partial charge on any atom is 0.123 e. The van der Waals surface area contributed by atoms with Gasteiger partial charge in [0.25, 0.3) is 0 Å². The first-order chi connectivity index (χ1) is 6.72. The number of hydrogen-bond acceptors (Lipinski definition) is 4. The maximum absolute atomic E-state index is 5.48. The number of rotatable bonds is 5. The molecule has 0 saturated carbocycles. The highest BCUT2D eigenvalue weighted by atomic mass is 15.1. The van der Waals surface area contributed by atoms with Crippen molar-refractivity contribution in [3.05, 3.63) is 18.3 Å². The molecule has 0 aliphatic heterocycles. The van der Waals surface area contributed by atoms with Gasteiger partial charge in [-0.05, 0) is 25.7 Å². The van der Waals surface area contributed by atoms with E-state index < -0.39 is 0 Å². The van der Waals surface area contributed by atoms with Crippen LogP contribution in [0.5, 0.6) is 0 Å². The van der Waals surface area contributed by atoms with Crippen LogP contribution in [0.15, 0.2) is 18.3 Å². The summed E-state index contributed by atoms with van der Waals surface area (Å²) in [6, 6.07) is 3.74. The number of nitrogen functional groups attached to an aromatic ring is 1. The van der Waals surface area contributed by atoms with E-state index in [-0.39, 0.29) is 0 Å². The van der Waals surface area contributed by atoms with Crippen LogP contribution < -0.4 is 11.1 Å². The lowest BCUT2D eigenvalue weighted by molar-refractivity contribution is 0.367. The van der Waals surface area contributed by atoms with Gasteiger partial charge in [0, 0.05) is 13.1 Å². The number of hydrogen-bond donors (Lipinski definition) is 2. The van der Waals surface area contributed by atoms with Gasteiger partial charge in [0.2, 0.25) is 0 Å². The molecule has 0 atom stereocenters. The third kappa shape index (κ3) is 3.62. The highest BCUT2D eigenvalue weighted by molar-refractivity contribution is 5.45. The molecule has 0 radical (unpaired) electrons. The van der Waals surface area contributed by atoms with Gasteiger partial charge < -0.3 is 16.0 Å². The van der Waals surface area contributed by atoms with E-state index in [0.717, 1.165) is 25.3 Å². The minimum atomic E-state index is 0.557. The molecule has 0 unspecified atom stereocenters. The molecule has 14 heavy (non-hydrogen) atoms. The Morgan fingerprint density at radius 1 is 1.50 bits per heavy atom. The molecule has 0 aromatic carbocycles. The normalized spacial score (nSPS) is 10.5. The van der Waals surface area contributed by atoms with Gasteiger partial charge in [0.1, 0.15) is 5.82 Å². The Bertz CT molecular complexity index is 257. The number of nitrogens with one attached hydrogen (secondary N) is 1. The van der Waals surface area contributed by atoms with Gasteiger partial charge in [0.05, 0.1) is 11.9 Å². The van der Waals surface area contributed by atoms with Crippen LogP contribution in [0.1, 0.15) is 6.92 Å². The SMILES string of the molecule is CCN(C)CCNc1ccc(N)nc1. The summed E-state index contributed by atoms with van der Waals surface area (Å²) in [6.07, 6.45) is 1.75. The van der Waals surface area contributed by atoms with Crippen LogP contribution >= 0.6 is 0 Å². The van der Waals surface area contributed by atoms with Gasteiger partial charge in [-0.1, -0.05) is 6.92 Å². The number of pyridine rings is 1. The van der Waals surface area contributed by atoms with E-state index in [4.69, 9.17) is 5.73 Å². The Morgan fingerprint density at radius 2 is 2.29 bits per heavy atom. The third-order valence-electron chi connectivity index (χ3n) is 2.15. The summed E-state index contributed by atoms with van der Waals surface area (Å²) in [7, 11) is 2.10.